The third-order valence-corrected chi connectivity index (χ3v) is 2.94. The van der Waals surface area contributed by atoms with Gasteiger partial charge in [0.1, 0.15) is 5.82 Å². The van der Waals surface area contributed by atoms with Crippen LogP contribution in [0.3, 0.4) is 0 Å². The van der Waals surface area contributed by atoms with Crippen LogP contribution in [0.5, 0.6) is 17.2 Å². The Balaban J connectivity index is 2.64. The number of hydrogen-bond acceptors (Lipinski definition) is 6. The fourth-order valence-corrected chi connectivity index (χ4v) is 1.97. The van der Waals surface area contributed by atoms with Gasteiger partial charge in [-0.3, -0.25) is 4.79 Å². The Bertz CT molecular complexity index is 672. The summed E-state index contributed by atoms with van der Waals surface area (Å²) in [5, 5.41) is 0. The number of aromatic amines is 1. The summed E-state index contributed by atoms with van der Waals surface area (Å²) in [6.07, 6.45) is 0. The average Bonchev–Trinajstić information content (AvgIpc) is 2.52. The maximum atomic E-state index is 11.6. The van der Waals surface area contributed by atoms with Crippen molar-refractivity contribution >= 4 is 0 Å². The van der Waals surface area contributed by atoms with Crippen molar-refractivity contribution in [3.05, 3.63) is 34.2 Å². The molecule has 0 fully saturated rings. The first kappa shape index (κ1) is 14.9. The zero-order valence-corrected chi connectivity index (χ0v) is 12.1. The van der Waals surface area contributed by atoms with Crippen LogP contribution in [0.4, 0.5) is 0 Å². The Morgan fingerprint density at radius 2 is 1.71 bits per heavy atom. The molecule has 1 heterocycles. The number of rotatable bonds is 5. The first-order valence-electron chi connectivity index (χ1n) is 6.23. The number of nitrogens with zero attached hydrogens (tertiary/aromatic N) is 1. The van der Waals surface area contributed by atoms with Gasteiger partial charge in [-0.25, -0.2) is 4.98 Å². The molecule has 21 heavy (non-hydrogen) atoms. The molecule has 1 aromatic carbocycles. The van der Waals surface area contributed by atoms with Gasteiger partial charge in [0.25, 0.3) is 5.56 Å². The van der Waals surface area contributed by atoms with E-state index in [0.29, 0.717) is 34.3 Å². The van der Waals surface area contributed by atoms with Crippen LogP contribution >= 0.6 is 0 Å². The maximum absolute atomic E-state index is 11.6. The van der Waals surface area contributed by atoms with E-state index in [2.05, 4.69) is 9.97 Å². The molecule has 0 bridgehead atoms. The Kier molecular flexibility index (Phi) is 4.44. The van der Waals surface area contributed by atoms with Gasteiger partial charge in [0.2, 0.25) is 5.75 Å². The van der Waals surface area contributed by atoms with Crippen molar-refractivity contribution in [1.82, 2.24) is 9.97 Å². The summed E-state index contributed by atoms with van der Waals surface area (Å²) in [5.41, 5.74) is 6.41. The quantitative estimate of drug-likeness (QED) is 0.850. The summed E-state index contributed by atoms with van der Waals surface area (Å²) < 4.78 is 15.8. The van der Waals surface area contributed by atoms with Crippen molar-refractivity contribution in [3.63, 3.8) is 0 Å². The second kappa shape index (κ2) is 6.27. The first-order chi connectivity index (χ1) is 10.1. The Hall–Kier alpha value is -2.54. The van der Waals surface area contributed by atoms with Crippen LogP contribution in [-0.2, 0) is 6.54 Å². The number of methoxy groups -OCH3 is 3. The van der Waals surface area contributed by atoms with Gasteiger partial charge in [-0.2, -0.15) is 0 Å². The molecule has 0 spiro atoms. The monoisotopic (exact) mass is 291 g/mol. The molecule has 7 heteroatoms. The smallest absolute Gasteiger partial charge is 0.251 e. The summed E-state index contributed by atoms with van der Waals surface area (Å²) in [6, 6.07) is 4.78. The van der Waals surface area contributed by atoms with Crippen molar-refractivity contribution in [2.75, 3.05) is 21.3 Å². The molecule has 0 aliphatic rings. The van der Waals surface area contributed by atoms with Gasteiger partial charge in [-0.1, -0.05) is 0 Å². The SMILES string of the molecule is COc1cc(-c2nc(CN)cc(=O)[nH]2)cc(OC)c1OC. The third kappa shape index (κ3) is 2.97. The zero-order chi connectivity index (χ0) is 15.4. The molecule has 3 N–H and O–H groups in total. The number of nitrogens with two attached hydrogens (primary N) is 1. The molecule has 2 aromatic rings. The molecule has 0 atom stereocenters. The number of benzene rings is 1. The minimum Gasteiger partial charge on any atom is -0.493 e. The minimum atomic E-state index is -0.269. The molecule has 0 amide bonds. The summed E-state index contributed by atoms with van der Waals surface area (Å²) in [5.74, 6) is 1.82. The van der Waals surface area contributed by atoms with E-state index in [-0.39, 0.29) is 12.1 Å². The number of hydrogen-bond donors (Lipinski definition) is 2. The predicted octanol–water partition coefficient (Wildman–Crippen LogP) is 0.921. The lowest BCUT2D eigenvalue weighted by atomic mass is 10.1. The first-order valence-corrected chi connectivity index (χ1v) is 6.23. The standard InChI is InChI=1S/C14H17N3O4/c1-19-10-4-8(5-11(20-2)13(10)21-3)14-16-9(7-15)6-12(18)17-14/h4-6H,7,15H2,1-3H3,(H,16,17,18). The number of aromatic nitrogens is 2. The van der Waals surface area contributed by atoms with Crippen LogP contribution in [0.2, 0.25) is 0 Å². The average molecular weight is 291 g/mol. The van der Waals surface area contributed by atoms with Gasteiger partial charge in [0, 0.05) is 18.2 Å². The molecule has 0 radical (unpaired) electrons. The highest BCUT2D eigenvalue weighted by molar-refractivity contribution is 5.66. The van der Waals surface area contributed by atoms with E-state index < -0.39 is 0 Å². The van der Waals surface area contributed by atoms with Crippen LogP contribution < -0.4 is 25.5 Å². The molecule has 1 aromatic heterocycles. The predicted molar refractivity (Wildman–Crippen MR) is 77.8 cm³/mol. The van der Waals surface area contributed by atoms with Gasteiger partial charge in [0.05, 0.1) is 27.0 Å². The molecule has 0 saturated carbocycles. The molecule has 112 valence electrons. The van der Waals surface area contributed by atoms with Crippen LogP contribution in [-0.4, -0.2) is 31.3 Å². The van der Waals surface area contributed by atoms with Gasteiger partial charge < -0.3 is 24.9 Å². The normalized spacial score (nSPS) is 10.3. The molecule has 7 nitrogen and oxygen atoms in total. The largest absolute Gasteiger partial charge is 0.493 e. The lowest BCUT2D eigenvalue weighted by Gasteiger charge is -2.14. The van der Waals surface area contributed by atoms with Crippen LogP contribution in [0.25, 0.3) is 11.4 Å². The maximum Gasteiger partial charge on any atom is 0.251 e. The van der Waals surface area contributed by atoms with Gasteiger partial charge in [-0.05, 0) is 12.1 Å². The molecule has 0 aliphatic carbocycles. The van der Waals surface area contributed by atoms with Crippen molar-refractivity contribution < 1.29 is 14.2 Å². The van der Waals surface area contributed by atoms with Crippen molar-refractivity contribution in [3.8, 4) is 28.6 Å². The zero-order valence-electron chi connectivity index (χ0n) is 12.1. The van der Waals surface area contributed by atoms with Crippen LogP contribution in [0, 0.1) is 0 Å². The van der Waals surface area contributed by atoms with Crippen LogP contribution in [0.1, 0.15) is 5.69 Å². The van der Waals surface area contributed by atoms with Crippen molar-refractivity contribution in [2.24, 2.45) is 5.73 Å². The number of ether oxygens (including phenoxy) is 3. The highest BCUT2D eigenvalue weighted by Gasteiger charge is 2.15. The molecular weight excluding hydrogens is 274 g/mol. The summed E-state index contributed by atoms with van der Waals surface area (Å²) in [7, 11) is 4.57. The summed E-state index contributed by atoms with van der Waals surface area (Å²) >= 11 is 0. The fourth-order valence-electron chi connectivity index (χ4n) is 1.97. The summed E-state index contributed by atoms with van der Waals surface area (Å²) in [6.45, 7) is 0.182. The lowest BCUT2D eigenvalue weighted by molar-refractivity contribution is 0.324. The van der Waals surface area contributed by atoms with Gasteiger partial charge >= 0.3 is 0 Å². The van der Waals surface area contributed by atoms with E-state index in [4.69, 9.17) is 19.9 Å². The molecule has 0 aliphatic heterocycles. The van der Waals surface area contributed by atoms with Crippen molar-refractivity contribution in [1.29, 1.82) is 0 Å². The van der Waals surface area contributed by atoms with Crippen molar-refractivity contribution in [2.45, 2.75) is 6.54 Å². The van der Waals surface area contributed by atoms with Gasteiger partial charge in [0.15, 0.2) is 11.5 Å². The second-order valence-electron chi connectivity index (χ2n) is 4.20. The number of nitrogens with one attached hydrogen (secondary N) is 1. The summed E-state index contributed by atoms with van der Waals surface area (Å²) in [4.78, 5) is 18.6. The third-order valence-electron chi connectivity index (χ3n) is 2.94. The van der Waals surface area contributed by atoms with E-state index in [9.17, 15) is 4.79 Å². The Morgan fingerprint density at radius 3 is 2.19 bits per heavy atom. The Labute approximate surface area is 121 Å². The molecule has 0 saturated heterocycles. The highest BCUT2D eigenvalue weighted by Crippen LogP contribution is 2.40. The lowest BCUT2D eigenvalue weighted by Crippen LogP contribution is -2.12. The van der Waals surface area contributed by atoms with E-state index >= 15 is 0 Å². The van der Waals surface area contributed by atoms with Crippen LogP contribution in [0.15, 0.2) is 23.0 Å². The van der Waals surface area contributed by atoms with E-state index in [1.807, 2.05) is 0 Å². The van der Waals surface area contributed by atoms with Gasteiger partial charge in [-0.15, -0.1) is 0 Å². The second-order valence-corrected chi connectivity index (χ2v) is 4.20. The molecule has 2 rings (SSSR count). The minimum absolute atomic E-state index is 0.182. The number of H-pyrrole nitrogens is 1. The van der Waals surface area contributed by atoms with E-state index in [1.165, 1.54) is 27.4 Å². The molecular formula is C14H17N3O4. The fraction of sp³-hybridized carbons (Fsp3) is 0.286. The van der Waals surface area contributed by atoms with E-state index in [0.717, 1.165) is 0 Å². The van der Waals surface area contributed by atoms with E-state index in [1.54, 1.807) is 12.1 Å². The Morgan fingerprint density at radius 1 is 1.10 bits per heavy atom. The topological polar surface area (TPSA) is 99.5 Å². The molecule has 0 unspecified atom stereocenters. The highest BCUT2D eigenvalue weighted by atomic mass is 16.5.